The van der Waals surface area contributed by atoms with Gasteiger partial charge in [0.05, 0.1) is 26.4 Å². The van der Waals surface area contributed by atoms with Crippen LogP contribution in [0.3, 0.4) is 0 Å². The molecule has 0 unspecified atom stereocenters. The highest BCUT2D eigenvalue weighted by Gasteiger charge is 2.29. The maximum Gasteiger partial charge on any atom is 0.205 e. The third-order valence-electron chi connectivity index (χ3n) is 4.93. The first-order valence-electron chi connectivity index (χ1n) is 10.5. The fourth-order valence-electron chi connectivity index (χ4n) is 3.27. The summed E-state index contributed by atoms with van der Waals surface area (Å²) in [5.41, 5.74) is 3.21. The zero-order chi connectivity index (χ0) is 21.8. The summed E-state index contributed by atoms with van der Waals surface area (Å²) in [6.07, 6.45) is -0.978. The van der Waals surface area contributed by atoms with Gasteiger partial charge >= 0.3 is 0 Å². The normalized spacial score (nSPS) is 13.0. The molecule has 0 amide bonds. The molecule has 0 aliphatic rings. The largest absolute Gasteiger partial charge is 0.374 e. The van der Waals surface area contributed by atoms with Crippen LogP contribution in [0.5, 0.6) is 0 Å². The van der Waals surface area contributed by atoms with E-state index in [2.05, 4.69) is 20.6 Å². The molecule has 0 saturated heterocycles. The lowest BCUT2D eigenvalue weighted by Gasteiger charge is -2.25. The fourth-order valence-corrected chi connectivity index (χ4v) is 3.27. The number of tetrazole rings is 1. The number of hydrogen-bond donors (Lipinski definition) is 1. The van der Waals surface area contributed by atoms with Crippen LogP contribution < -0.4 is 0 Å². The summed E-state index contributed by atoms with van der Waals surface area (Å²) in [6.45, 7) is 1.60. The zero-order valence-corrected chi connectivity index (χ0v) is 17.7. The van der Waals surface area contributed by atoms with Gasteiger partial charge in [0.15, 0.2) is 0 Å². The maximum absolute atomic E-state index is 6.27. The number of aromatic amines is 1. The first-order valence-corrected chi connectivity index (χ1v) is 10.5. The summed E-state index contributed by atoms with van der Waals surface area (Å²) in [5, 5.41) is 14.6. The van der Waals surface area contributed by atoms with Gasteiger partial charge in [0, 0.05) is 0 Å². The van der Waals surface area contributed by atoms with Crippen molar-refractivity contribution in [3.63, 3.8) is 0 Å². The molecule has 1 aromatic heterocycles. The Morgan fingerprint density at radius 2 is 1.19 bits per heavy atom. The van der Waals surface area contributed by atoms with Crippen LogP contribution in [-0.2, 0) is 34.0 Å². The van der Waals surface area contributed by atoms with Crippen LogP contribution in [0.2, 0.25) is 0 Å². The molecule has 0 saturated carbocycles. The van der Waals surface area contributed by atoms with Crippen molar-refractivity contribution in [3.8, 4) is 0 Å². The van der Waals surface area contributed by atoms with Gasteiger partial charge in [-0.2, -0.15) is 5.21 Å². The average Bonchev–Trinajstić information content (AvgIpc) is 3.39. The van der Waals surface area contributed by atoms with E-state index in [9.17, 15) is 0 Å². The molecule has 32 heavy (non-hydrogen) atoms. The van der Waals surface area contributed by atoms with Gasteiger partial charge in [0.1, 0.15) is 12.2 Å². The van der Waals surface area contributed by atoms with E-state index in [1.54, 1.807) is 0 Å². The minimum atomic E-state index is -0.548. The van der Waals surface area contributed by atoms with Crippen LogP contribution in [-0.4, -0.2) is 33.3 Å². The van der Waals surface area contributed by atoms with Crippen LogP contribution >= 0.6 is 0 Å². The predicted molar refractivity (Wildman–Crippen MR) is 119 cm³/mol. The van der Waals surface area contributed by atoms with Gasteiger partial charge in [-0.3, -0.25) is 0 Å². The van der Waals surface area contributed by atoms with Crippen LogP contribution in [0.15, 0.2) is 91.0 Å². The molecule has 1 heterocycles. The third kappa shape index (κ3) is 6.55. The van der Waals surface area contributed by atoms with Gasteiger partial charge in [0.25, 0.3) is 0 Å². The molecule has 2 atom stereocenters. The number of benzene rings is 3. The molecule has 0 bridgehead atoms. The maximum atomic E-state index is 6.27. The number of ether oxygens (including phenoxy) is 3. The second-order valence-electron chi connectivity index (χ2n) is 7.32. The van der Waals surface area contributed by atoms with E-state index in [-0.39, 0.29) is 0 Å². The van der Waals surface area contributed by atoms with Gasteiger partial charge in [0.2, 0.25) is 5.82 Å². The number of H-pyrrole nitrogens is 1. The summed E-state index contributed by atoms with van der Waals surface area (Å²) in [6, 6.07) is 30.0. The van der Waals surface area contributed by atoms with Crippen molar-refractivity contribution in [2.45, 2.75) is 32.0 Å². The molecule has 0 spiro atoms. The van der Waals surface area contributed by atoms with Crippen molar-refractivity contribution in [1.29, 1.82) is 0 Å². The molecule has 4 aromatic rings. The lowest BCUT2D eigenvalue weighted by Crippen LogP contribution is -2.30. The van der Waals surface area contributed by atoms with E-state index in [0.29, 0.717) is 32.3 Å². The van der Waals surface area contributed by atoms with Crippen molar-refractivity contribution >= 4 is 0 Å². The van der Waals surface area contributed by atoms with E-state index in [0.717, 1.165) is 16.7 Å². The fraction of sp³-hybridized carbons (Fsp3) is 0.240. The minimum absolute atomic E-state index is 0.315. The number of hydrogen-bond acceptors (Lipinski definition) is 6. The first kappa shape index (κ1) is 21.8. The third-order valence-corrected chi connectivity index (χ3v) is 4.93. The van der Waals surface area contributed by atoms with E-state index < -0.39 is 12.2 Å². The number of nitrogens with zero attached hydrogens (tertiary/aromatic N) is 3. The highest BCUT2D eigenvalue weighted by atomic mass is 16.6. The predicted octanol–water partition coefficient (Wildman–Crippen LogP) is 4.26. The molecular formula is C25H26N4O3. The topological polar surface area (TPSA) is 82.1 Å². The van der Waals surface area contributed by atoms with Crippen molar-refractivity contribution in [3.05, 3.63) is 114 Å². The van der Waals surface area contributed by atoms with Crippen LogP contribution in [0.4, 0.5) is 0 Å². The monoisotopic (exact) mass is 430 g/mol. The number of rotatable bonds is 12. The zero-order valence-electron chi connectivity index (χ0n) is 17.7. The Labute approximate surface area is 187 Å². The average molecular weight is 431 g/mol. The Hall–Kier alpha value is -3.39. The Morgan fingerprint density at radius 3 is 1.72 bits per heavy atom. The summed E-state index contributed by atoms with van der Waals surface area (Å²) in [4.78, 5) is 0. The second kappa shape index (κ2) is 11.9. The number of nitrogens with one attached hydrogen (secondary N) is 1. The van der Waals surface area contributed by atoms with E-state index >= 15 is 0 Å². The van der Waals surface area contributed by atoms with Gasteiger partial charge in [-0.1, -0.05) is 96.2 Å². The van der Waals surface area contributed by atoms with E-state index in [1.807, 2.05) is 91.0 Å². The van der Waals surface area contributed by atoms with Gasteiger partial charge in [-0.15, -0.1) is 10.2 Å². The highest BCUT2D eigenvalue weighted by molar-refractivity contribution is 5.15. The van der Waals surface area contributed by atoms with Crippen molar-refractivity contribution < 1.29 is 14.2 Å². The second-order valence-corrected chi connectivity index (χ2v) is 7.32. The molecule has 7 heteroatoms. The summed E-state index contributed by atoms with van der Waals surface area (Å²) < 4.78 is 18.5. The molecule has 0 aliphatic heterocycles. The van der Waals surface area contributed by atoms with Crippen molar-refractivity contribution in [2.75, 3.05) is 6.61 Å². The van der Waals surface area contributed by atoms with Gasteiger partial charge < -0.3 is 14.2 Å². The molecule has 7 nitrogen and oxygen atoms in total. The summed E-state index contributed by atoms with van der Waals surface area (Å²) >= 11 is 0. The highest BCUT2D eigenvalue weighted by Crippen LogP contribution is 2.24. The molecule has 3 aromatic carbocycles. The Morgan fingerprint density at radius 1 is 0.656 bits per heavy atom. The van der Waals surface area contributed by atoms with Crippen molar-refractivity contribution in [2.24, 2.45) is 0 Å². The van der Waals surface area contributed by atoms with Crippen molar-refractivity contribution in [1.82, 2.24) is 20.6 Å². The first-order chi connectivity index (χ1) is 15.9. The standard InChI is InChI=1S/C25H26N4O3/c1-4-10-20(11-5-1)16-30-19-23(31-17-21-12-6-2-7-13-21)24(25-26-28-29-27-25)32-18-22-14-8-3-9-15-22/h1-15,23-24H,16-19H2,(H,26,27,28,29)/t23-,24-/m1/s1. The van der Waals surface area contributed by atoms with Crippen LogP contribution in [0, 0.1) is 0 Å². The Kier molecular flexibility index (Phi) is 8.09. The van der Waals surface area contributed by atoms with E-state index in [1.165, 1.54) is 0 Å². The lowest BCUT2D eigenvalue weighted by atomic mass is 10.1. The van der Waals surface area contributed by atoms with Crippen LogP contribution in [0.1, 0.15) is 28.6 Å². The smallest absolute Gasteiger partial charge is 0.205 e. The Balaban J connectivity index is 1.47. The molecule has 0 radical (unpaired) electrons. The van der Waals surface area contributed by atoms with Gasteiger partial charge in [-0.05, 0) is 16.7 Å². The summed E-state index contributed by atoms with van der Waals surface area (Å²) in [7, 11) is 0. The quantitative estimate of drug-likeness (QED) is 0.362. The minimum Gasteiger partial charge on any atom is -0.374 e. The molecule has 0 aliphatic carbocycles. The van der Waals surface area contributed by atoms with E-state index in [4.69, 9.17) is 14.2 Å². The molecule has 0 fully saturated rings. The lowest BCUT2D eigenvalue weighted by molar-refractivity contribution is -0.122. The Bertz CT molecular complexity index is 1020. The number of aromatic nitrogens is 4. The molecule has 164 valence electrons. The molecular weight excluding hydrogens is 404 g/mol. The summed E-state index contributed by atoms with van der Waals surface area (Å²) in [5.74, 6) is 0.433. The SMILES string of the molecule is c1ccc(COC[C@@H](OCc2ccccc2)[C@@H](OCc2ccccc2)c2nn[nH]n2)cc1. The molecule has 1 N–H and O–H groups in total. The molecule has 4 rings (SSSR count). The van der Waals surface area contributed by atoms with Gasteiger partial charge in [-0.25, -0.2) is 0 Å². The van der Waals surface area contributed by atoms with Crippen LogP contribution in [0.25, 0.3) is 0 Å².